The molecule has 0 aliphatic carbocycles. The van der Waals surface area contributed by atoms with Crippen LogP contribution in [0.3, 0.4) is 0 Å². The van der Waals surface area contributed by atoms with E-state index in [0.717, 1.165) is 17.7 Å². The van der Waals surface area contributed by atoms with Gasteiger partial charge in [0, 0.05) is 29.6 Å². The standard InChI is InChI=1S/C20H17F2N5O2S/c1-30(28,29)15-4-2-3-13(9-15)17(5-6-18(21)22)27-11-14(10-26-27)19-16-7-8-23-20(16)25-12-24-19/h2-4,6-12,17H,5H2,1H3,(H,23,24,25). The fourth-order valence-corrected chi connectivity index (χ4v) is 3.96. The molecule has 3 heterocycles. The van der Waals surface area contributed by atoms with E-state index in [0.29, 0.717) is 22.5 Å². The number of nitrogens with one attached hydrogen (secondary N) is 1. The van der Waals surface area contributed by atoms with Crippen LogP contribution in [0.25, 0.3) is 22.3 Å². The summed E-state index contributed by atoms with van der Waals surface area (Å²) >= 11 is 0. The van der Waals surface area contributed by atoms with Crippen LogP contribution >= 0.6 is 0 Å². The second-order valence-electron chi connectivity index (χ2n) is 6.76. The number of allylic oxidation sites excluding steroid dienone is 1. The van der Waals surface area contributed by atoms with Crippen LogP contribution < -0.4 is 0 Å². The molecular formula is C20H17F2N5O2S. The number of halogens is 2. The van der Waals surface area contributed by atoms with Gasteiger partial charge >= 0.3 is 0 Å². The number of fused-ring (bicyclic) bond motifs is 1. The second-order valence-corrected chi connectivity index (χ2v) is 8.78. The van der Waals surface area contributed by atoms with E-state index in [-0.39, 0.29) is 11.3 Å². The van der Waals surface area contributed by atoms with E-state index in [2.05, 4.69) is 20.1 Å². The molecule has 7 nitrogen and oxygen atoms in total. The lowest BCUT2D eigenvalue weighted by Crippen LogP contribution is -2.11. The van der Waals surface area contributed by atoms with Gasteiger partial charge in [-0.2, -0.15) is 13.9 Å². The van der Waals surface area contributed by atoms with E-state index in [1.807, 2.05) is 6.07 Å². The van der Waals surface area contributed by atoms with Gasteiger partial charge in [-0.1, -0.05) is 12.1 Å². The number of H-pyrrole nitrogens is 1. The van der Waals surface area contributed by atoms with Gasteiger partial charge in [-0.15, -0.1) is 0 Å². The van der Waals surface area contributed by atoms with Crippen LogP contribution in [0.1, 0.15) is 18.0 Å². The minimum atomic E-state index is -3.44. The third kappa shape index (κ3) is 3.99. The van der Waals surface area contributed by atoms with Crippen molar-refractivity contribution in [2.24, 2.45) is 0 Å². The molecule has 1 unspecified atom stereocenters. The van der Waals surface area contributed by atoms with Crippen LogP contribution in [0.15, 0.2) is 72.3 Å². The molecule has 0 radical (unpaired) electrons. The summed E-state index contributed by atoms with van der Waals surface area (Å²) in [6, 6.07) is 7.47. The molecule has 4 rings (SSSR count). The van der Waals surface area contributed by atoms with Crippen LogP contribution in [0.4, 0.5) is 8.78 Å². The third-order valence-corrected chi connectivity index (χ3v) is 5.82. The van der Waals surface area contributed by atoms with Gasteiger partial charge in [0.25, 0.3) is 6.08 Å². The summed E-state index contributed by atoms with van der Waals surface area (Å²) in [4.78, 5) is 11.6. The lowest BCUT2D eigenvalue weighted by atomic mass is 10.0. The molecule has 1 N–H and O–H groups in total. The quantitative estimate of drug-likeness (QED) is 0.500. The Hall–Kier alpha value is -3.40. The molecule has 30 heavy (non-hydrogen) atoms. The predicted molar refractivity (Wildman–Crippen MR) is 108 cm³/mol. The first-order valence-corrected chi connectivity index (χ1v) is 10.9. The summed E-state index contributed by atoms with van der Waals surface area (Å²) in [6.07, 6.45) is 6.52. The number of rotatable bonds is 6. The number of nitrogens with zero attached hydrogens (tertiary/aromatic N) is 4. The van der Waals surface area contributed by atoms with Crippen LogP contribution in [-0.2, 0) is 9.84 Å². The third-order valence-electron chi connectivity index (χ3n) is 4.71. The van der Waals surface area contributed by atoms with Gasteiger partial charge < -0.3 is 4.98 Å². The van der Waals surface area contributed by atoms with Crippen molar-refractivity contribution in [3.63, 3.8) is 0 Å². The molecule has 154 valence electrons. The van der Waals surface area contributed by atoms with Crippen molar-refractivity contribution < 1.29 is 17.2 Å². The van der Waals surface area contributed by atoms with Crippen LogP contribution in [-0.4, -0.2) is 39.4 Å². The topological polar surface area (TPSA) is 93.5 Å². The lowest BCUT2D eigenvalue weighted by molar-refractivity contribution is 0.411. The summed E-state index contributed by atoms with van der Waals surface area (Å²) in [5.41, 5.74) is 2.58. The fraction of sp³-hybridized carbons (Fsp3) is 0.150. The number of benzene rings is 1. The van der Waals surface area contributed by atoms with E-state index in [1.54, 1.807) is 30.7 Å². The molecule has 3 aromatic heterocycles. The highest BCUT2D eigenvalue weighted by Crippen LogP contribution is 2.29. The predicted octanol–water partition coefficient (Wildman–Crippen LogP) is 3.98. The highest BCUT2D eigenvalue weighted by atomic mass is 32.2. The first kappa shape index (κ1) is 19.9. The van der Waals surface area contributed by atoms with Gasteiger partial charge in [0.2, 0.25) is 0 Å². The molecule has 4 aromatic rings. The molecule has 0 amide bonds. The number of hydrogen-bond donors (Lipinski definition) is 1. The maximum Gasteiger partial charge on any atom is 0.266 e. The van der Waals surface area contributed by atoms with Crippen LogP contribution in [0.5, 0.6) is 0 Å². The zero-order valence-electron chi connectivity index (χ0n) is 15.8. The second kappa shape index (κ2) is 7.79. The largest absolute Gasteiger partial charge is 0.346 e. The molecule has 10 heteroatoms. The van der Waals surface area contributed by atoms with Crippen LogP contribution in [0, 0.1) is 0 Å². The highest BCUT2D eigenvalue weighted by molar-refractivity contribution is 7.90. The highest BCUT2D eigenvalue weighted by Gasteiger charge is 2.19. The minimum Gasteiger partial charge on any atom is -0.346 e. The average molecular weight is 429 g/mol. The SMILES string of the molecule is CS(=O)(=O)c1cccc(C(CC=C(F)F)n2cc(-c3ncnc4[nH]ccc34)cn2)c1. The molecule has 0 aliphatic rings. The molecule has 0 aliphatic heterocycles. The van der Waals surface area contributed by atoms with Gasteiger partial charge in [-0.05, 0) is 36.3 Å². The Morgan fingerprint density at radius 2 is 2.10 bits per heavy atom. The molecule has 0 bridgehead atoms. The normalized spacial score (nSPS) is 12.8. The zero-order valence-corrected chi connectivity index (χ0v) is 16.6. The Balaban J connectivity index is 1.78. The summed E-state index contributed by atoms with van der Waals surface area (Å²) in [7, 11) is -3.44. The Bertz CT molecular complexity index is 1340. The monoisotopic (exact) mass is 429 g/mol. The van der Waals surface area contributed by atoms with E-state index >= 15 is 0 Å². The molecule has 1 aromatic carbocycles. The van der Waals surface area contributed by atoms with Crippen molar-refractivity contribution in [1.29, 1.82) is 0 Å². The summed E-state index contributed by atoms with van der Waals surface area (Å²) in [5, 5.41) is 5.16. The first-order chi connectivity index (χ1) is 14.3. The maximum absolute atomic E-state index is 12.8. The zero-order chi connectivity index (χ0) is 21.3. The molecule has 1 atom stereocenters. The van der Waals surface area contributed by atoms with Crippen molar-refractivity contribution in [3.8, 4) is 11.3 Å². The van der Waals surface area contributed by atoms with Crippen molar-refractivity contribution >= 4 is 20.9 Å². The first-order valence-electron chi connectivity index (χ1n) is 8.97. The van der Waals surface area contributed by atoms with Crippen molar-refractivity contribution in [2.75, 3.05) is 6.26 Å². The average Bonchev–Trinajstić information content (AvgIpc) is 3.37. The fourth-order valence-electron chi connectivity index (χ4n) is 3.28. The Morgan fingerprint density at radius 3 is 2.87 bits per heavy atom. The van der Waals surface area contributed by atoms with E-state index in [9.17, 15) is 17.2 Å². The summed E-state index contributed by atoms with van der Waals surface area (Å²) < 4.78 is 51.0. The number of hydrogen-bond acceptors (Lipinski definition) is 5. The van der Waals surface area contributed by atoms with Gasteiger partial charge in [-0.25, -0.2) is 18.4 Å². The van der Waals surface area contributed by atoms with Gasteiger partial charge in [-0.3, -0.25) is 4.68 Å². The number of sulfone groups is 1. The molecule has 0 saturated heterocycles. The lowest BCUT2D eigenvalue weighted by Gasteiger charge is -2.17. The molecule has 0 saturated carbocycles. The van der Waals surface area contributed by atoms with E-state index in [4.69, 9.17) is 0 Å². The van der Waals surface area contributed by atoms with Crippen molar-refractivity contribution in [2.45, 2.75) is 17.4 Å². The minimum absolute atomic E-state index is 0.0555. The Morgan fingerprint density at radius 1 is 1.27 bits per heavy atom. The molecule has 0 fully saturated rings. The summed E-state index contributed by atoms with van der Waals surface area (Å²) in [5.74, 6) is 0. The van der Waals surface area contributed by atoms with Crippen LogP contribution in [0.2, 0.25) is 0 Å². The van der Waals surface area contributed by atoms with E-state index in [1.165, 1.54) is 23.1 Å². The van der Waals surface area contributed by atoms with Crippen molar-refractivity contribution in [3.05, 3.63) is 73.0 Å². The number of aromatic amines is 1. The summed E-state index contributed by atoms with van der Waals surface area (Å²) in [6.45, 7) is 0. The van der Waals surface area contributed by atoms with Gasteiger partial charge in [0.1, 0.15) is 12.0 Å². The van der Waals surface area contributed by atoms with E-state index < -0.39 is 22.0 Å². The Kier molecular flexibility index (Phi) is 5.17. The molecule has 0 spiro atoms. The maximum atomic E-state index is 12.8. The van der Waals surface area contributed by atoms with Gasteiger partial charge in [0.15, 0.2) is 9.84 Å². The van der Waals surface area contributed by atoms with Crippen molar-refractivity contribution in [1.82, 2.24) is 24.7 Å². The molecular weight excluding hydrogens is 412 g/mol. The van der Waals surface area contributed by atoms with Gasteiger partial charge in [0.05, 0.1) is 22.8 Å². The smallest absolute Gasteiger partial charge is 0.266 e. The number of aromatic nitrogens is 5. The Labute approximate surface area is 171 Å².